The maximum Gasteiger partial charge on any atom is 0.0974 e. The Morgan fingerprint density at radius 2 is 1.50 bits per heavy atom. The van der Waals surface area contributed by atoms with Crippen molar-refractivity contribution in [2.45, 2.75) is 13.8 Å². The molecule has 4 rings (SSSR count). The first-order valence-corrected chi connectivity index (χ1v) is 6.78. The van der Waals surface area contributed by atoms with Crippen LogP contribution in [0.3, 0.4) is 0 Å². The molecular formula is C18H14N2. The molecule has 0 aliphatic rings. The minimum absolute atomic E-state index is 0.953. The number of aryl methyl sites for hydroxylation is 2. The van der Waals surface area contributed by atoms with Crippen LogP contribution in [-0.2, 0) is 0 Å². The smallest absolute Gasteiger partial charge is 0.0974 e. The number of hydrogen-bond donors (Lipinski definition) is 0. The molecule has 0 spiro atoms. The van der Waals surface area contributed by atoms with Gasteiger partial charge in [-0.25, -0.2) is 4.98 Å². The number of benzene rings is 3. The Labute approximate surface area is 117 Å². The van der Waals surface area contributed by atoms with Crippen LogP contribution in [0.2, 0.25) is 0 Å². The molecule has 1 aromatic heterocycles. The van der Waals surface area contributed by atoms with E-state index in [9.17, 15) is 0 Å². The summed E-state index contributed by atoms with van der Waals surface area (Å²) in [6.45, 7) is 4.10. The highest BCUT2D eigenvalue weighted by Gasteiger charge is 2.10. The molecule has 3 aromatic carbocycles. The summed E-state index contributed by atoms with van der Waals surface area (Å²) in [5.74, 6) is 0. The van der Waals surface area contributed by atoms with Gasteiger partial charge in [-0.2, -0.15) is 0 Å². The number of hydrogen-bond acceptors (Lipinski definition) is 2. The van der Waals surface area contributed by atoms with Gasteiger partial charge in [0.15, 0.2) is 0 Å². The topological polar surface area (TPSA) is 25.8 Å². The zero-order valence-corrected chi connectivity index (χ0v) is 11.5. The summed E-state index contributed by atoms with van der Waals surface area (Å²) in [6, 6.07) is 15.0. The van der Waals surface area contributed by atoms with Gasteiger partial charge in [-0.05, 0) is 30.7 Å². The Hall–Kier alpha value is -2.48. The van der Waals surface area contributed by atoms with Crippen molar-refractivity contribution in [1.29, 1.82) is 0 Å². The molecule has 2 heteroatoms. The second-order valence-electron chi connectivity index (χ2n) is 5.30. The first kappa shape index (κ1) is 11.4. The van der Waals surface area contributed by atoms with Crippen LogP contribution in [0, 0.1) is 13.8 Å². The summed E-state index contributed by atoms with van der Waals surface area (Å²) in [5.41, 5.74) is 4.19. The average Bonchev–Trinajstić information content (AvgIpc) is 2.47. The van der Waals surface area contributed by atoms with Crippen LogP contribution in [0.4, 0.5) is 0 Å². The number of fused-ring (bicyclic) bond motifs is 6. The second kappa shape index (κ2) is 4.01. The number of rotatable bonds is 0. The first-order chi connectivity index (χ1) is 9.74. The molecule has 4 aromatic rings. The summed E-state index contributed by atoms with van der Waals surface area (Å²) in [4.78, 5) is 9.36. The average molecular weight is 258 g/mol. The Morgan fingerprint density at radius 1 is 0.750 bits per heavy atom. The molecule has 0 aliphatic carbocycles. The van der Waals surface area contributed by atoms with Gasteiger partial charge in [-0.3, -0.25) is 4.98 Å². The predicted octanol–water partition coefficient (Wildman–Crippen LogP) is 4.55. The van der Waals surface area contributed by atoms with Gasteiger partial charge in [0.25, 0.3) is 0 Å². The van der Waals surface area contributed by atoms with Gasteiger partial charge in [0.05, 0.1) is 16.7 Å². The fourth-order valence-electron chi connectivity index (χ4n) is 2.88. The van der Waals surface area contributed by atoms with Gasteiger partial charge in [0.1, 0.15) is 0 Å². The zero-order valence-electron chi connectivity index (χ0n) is 11.5. The Morgan fingerprint density at radius 3 is 2.35 bits per heavy atom. The van der Waals surface area contributed by atoms with E-state index in [4.69, 9.17) is 4.98 Å². The summed E-state index contributed by atoms with van der Waals surface area (Å²) in [6.07, 6.45) is 1.85. The molecule has 0 atom stereocenters. The molecule has 0 amide bonds. The van der Waals surface area contributed by atoms with Gasteiger partial charge in [0.2, 0.25) is 0 Å². The van der Waals surface area contributed by atoms with Gasteiger partial charge >= 0.3 is 0 Å². The fourth-order valence-corrected chi connectivity index (χ4v) is 2.88. The van der Waals surface area contributed by atoms with Crippen molar-refractivity contribution in [2.75, 3.05) is 0 Å². The zero-order chi connectivity index (χ0) is 13.7. The molecule has 0 radical (unpaired) electrons. The lowest BCUT2D eigenvalue weighted by Crippen LogP contribution is -1.91. The van der Waals surface area contributed by atoms with E-state index in [2.05, 4.69) is 54.4 Å². The number of aromatic nitrogens is 2. The molecular weight excluding hydrogens is 244 g/mol. The SMILES string of the molecule is Cc1ccc2c3ccccc3c3nc(C)cnc3c2c1. The van der Waals surface area contributed by atoms with E-state index in [0.717, 1.165) is 16.7 Å². The van der Waals surface area contributed by atoms with Gasteiger partial charge in [-0.15, -0.1) is 0 Å². The molecule has 0 fully saturated rings. The van der Waals surface area contributed by atoms with Crippen LogP contribution >= 0.6 is 0 Å². The van der Waals surface area contributed by atoms with Crippen LogP contribution < -0.4 is 0 Å². The van der Waals surface area contributed by atoms with E-state index in [-0.39, 0.29) is 0 Å². The molecule has 96 valence electrons. The van der Waals surface area contributed by atoms with Crippen LogP contribution in [0.5, 0.6) is 0 Å². The van der Waals surface area contributed by atoms with Crippen LogP contribution in [0.15, 0.2) is 48.7 Å². The van der Waals surface area contributed by atoms with Crippen LogP contribution in [0.1, 0.15) is 11.3 Å². The molecule has 0 saturated heterocycles. The molecule has 0 saturated carbocycles. The van der Waals surface area contributed by atoms with Crippen molar-refractivity contribution >= 4 is 32.6 Å². The summed E-state index contributed by atoms with van der Waals surface area (Å²) in [5, 5.41) is 4.85. The summed E-state index contributed by atoms with van der Waals surface area (Å²) >= 11 is 0. The van der Waals surface area contributed by atoms with E-state index in [1.165, 1.54) is 27.1 Å². The van der Waals surface area contributed by atoms with Crippen molar-refractivity contribution in [3.8, 4) is 0 Å². The van der Waals surface area contributed by atoms with Crippen molar-refractivity contribution in [1.82, 2.24) is 9.97 Å². The highest BCUT2D eigenvalue weighted by Crippen LogP contribution is 2.33. The van der Waals surface area contributed by atoms with Gasteiger partial charge in [-0.1, -0.05) is 42.0 Å². The lowest BCUT2D eigenvalue weighted by molar-refractivity contribution is 1.19. The minimum Gasteiger partial charge on any atom is -0.252 e. The van der Waals surface area contributed by atoms with Gasteiger partial charge in [0, 0.05) is 17.0 Å². The third-order valence-electron chi connectivity index (χ3n) is 3.80. The molecule has 20 heavy (non-hydrogen) atoms. The lowest BCUT2D eigenvalue weighted by atomic mass is 9.98. The van der Waals surface area contributed by atoms with E-state index in [1.807, 2.05) is 13.1 Å². The molecule has 0 N–H and O–H groups in total. The predicted molar refractivity (Wildman–Crippen MR) is 84.0 cm³/mol. The maximum atomic E-state index is 4.72. The summed E-state index contributed by atoms with van der Waals surface area (Å²) < 4.78 is 0. The Bertz CT molecular complexity index is 933. The third-order valence-corrected chi connectivity index (χ3v) is 3.80. The normalized spacial score (nSPS) is 11.5. The lowest BCUT2D eigenvalue weighted by Gasteiger charge is -2.09. The number of nitrogens with zero attached hydrogens (tertiary/aromatic N) is 2. The van der Waals surface area contributed by atoms with Gasteiger partial charge < -0.3 is 0 Å². The first-order valence-electron chi connectivity index (χ1n) is 6.78. The van der Waals surface area contributed by atoms with Crippen molar-refractivity contribution in [3.05, 3.63) is 59.9 Å². The van der Waals surface area contributed by atoms with E-state index in [1.54, 1.807) is 0 Å². The van der Waals surface area contributed by atoms with Crippen molar-refractivity contribution in [3.63, 3.8) is 0 Å². The quantitative estimate of drug-likeness (QED) is 0.432. The third kappa shape index (κ3) is 1.51. The largest absolute Gasteiger partial charge is 0.252 e. The second-order valence-corrected chi connectivity index (χ2v) is 5.30. The standard InChI is InChI=1S/C18H14N2/c1-11-7-8-14-13-5-3-4-6-15(13)18-17(16(14)9-11)19-10-12(2)20-18/h3-10H,1-2H3. The van der Waals surface area contributed by atoms with Crippen LogP contribution in [0.25, 0.3) is 32.6 Å². The fraction of sp³-hybridized carbons (Fsp3) is 0.111. The molecule has 2 nitrogen and oxygen atoms in total. The van der Waals surface area contributed by atoms with E-state index >= 15 is 0 Å². The van der Waals surface area contributed by atoms with Crippen LogP contribution in [-0.4, -0.2) is 9.97 Å². The van der Waals surface area contributed by atoms with Crippen molar-refractivity contribution in [2.24, 2.45) is 0 Å². The van der Waals surface area contributed by atoms with Crippen molar-refractivity contribution < 1.29 is 0 Å². The molecule has 0 unspecified atom stereocenters. The van der Waals surface area contributed by atoms with E-state index in [0.29, 0.717) is 0 Å². The molecule has 1 heterocycles. The highest BCUT2D eigenvalue weighted by atomic mass is 14.8. The Balaban J connectivity index is 2.40. The highest BCUT2D eigenvalue weighted by molar-refractivity contribution is 6.23. The maximum absolute atomic E-state index is 4.72. The minimum atomic E-state index is 0.953. The molecule has 0 bridgehead atoms. The summed E-state index contributed by atoms with van der Waals surface area (Å²) in [7, 11) is 0. The molecule has 0 aliphatic heterocycles. The monoisotopic (exact) mass is 258 g/mol. The van der Waals surface area contributed by atoms with E-state index < -0.39 is 0 Å². The Kier molecular flexibility index (Phi) is 2.27.